The lowest BCUT2D eigenvalue weighted by Crippen LogP contribution is -2.19. The number of carbonyl (C=O) groups excluding carboxylic acids is 1. The maximum Gasteiger partial charge on any atom is 0.250 e. The van der Waals surface area contributed by atoms with E-state index in [0.29, 0.717) is 41.2 Å². The van der Waals surface area contributed by atoms with Gasteiger partial charge in [0.2, 0.25) is 5.91 Å². The molecule has 7 heteroatoms. The molecule has 0 spiro atoms. The first-order chi connectivity index (χ1) is 13.6. The van der Waals surface area contributed by atoms with E-state index in [1.54, 1.807) is 18.4 Å². The van der Waals surface area contributed by atoms with E-state index in [0.717, 1.165) is 11.1 Å². The minimum Gasteiger partial charge on any atom is -0.490 e. The molecule has 2 rings (SSSR count). The van der Waals surface area contributed by atoms with Gasteiger partial charge in [-0.15, -0.1) is 11.8 Å². The molecule has 2 aromatic rings. The van der Waals surface area contributed by atoms with E-state index in [1.165, 1.54) is 11.8 Å². The van der Waals surface area contributed by atoms with E-state index in [-0.39, 0.29) is 5.91 Å². The Balaban J connectivity index is 1.82. The largest absolute Gasteiger partial charge is 0.490 e. The van der Waals surface area contributed by atoms with Gasteiger partial charge in [-0.05, 0) is 48.4 Å². The second kappa shape index (κ2) is 12.1. The number of halogens is 1. The van der Waals surface area contributed by atoms with E-state index < -0.39 is 0 Å². The van der Waals surface area contributed by atoms with Crippen molar-refractivity contribution in [1.82, 2.24) is 5.43 Å². The van der Waals surface area contributed by atoms with Gasteiger partial charge in [-0.25, -0.2) is 5.43 Å². The fourth-order valence-electron chi connectivity index (χ4n) is 2.24. The molecule has 0 fully saturated rings. The van der Waals surface area contributed by atoms with E-state index >= 15 is 0 Å². The molecule has 0 unspecified atom stereocenters. The van der Waals surface area contributed by atoms with Crippen molar-refractivity contribution in [2.45, 2.75) is 12.7 Å². The smallest absolute Gasteiger partial charge is 0.250 e. The summed E-state index contributed by atoms with van der Waals surface area (Å²) in [7, 11) is 0. The highest BCUT2D eigenvalue weighted by molar-refractivity contribution is 7.99. The number of nitrogens with zero attached hydrogens (tertiary/aromatic N) is 1. The van der Waals surface area contributed by atoms with Crippen LogP contribution in [0.3, 0.4) is 0 Å². The second-order valence-electron chi connectivity index (χ2n) is 5.65. The number of hydrogen-bond donors (Lipinski definition) is 1. The summed E-state index contributed by atoms with van der Waals surface area (Å²) in [6.07, 6.45) is 3.24. The number of carbonyl (C=O) groups is 1. The number of ether oxygens (including phenoxy) is 2. The zero-order chi connectivity index (χ0) is 20.2. The molecule has 0 heterocycles. The third-order valence-corrected chi connectivity index (χ3v) is 4.66. The minimum absolute atomic E-state index is 0.167. The third-order valence-electron chi connectivity index (χ3n) is 3.42. The first-order valence-electron chi connectivity index (χ1n) is 8.77. The normalized spacial score (nSPS) is 10.6. The van der Waals surface area contributed by atoms with Gasteiger partial charge in [0.1, 0.15) is 6.61 Å². The number of rotatable bonds is 11. The van der Waals surface area contributed by atoms with Crippen LogP contribution in [0.1, 0.15) is 18.1 Å². The Morgan fingerprint density at radius 1 is 1.25 bits per heavy atom. The highest BCUT2D eigenvalue weighted by atomic mass is 35.5. The molecule has 2 aromatic carbocycles. The van der Waals surface area contributed by atoms with Crippen molar-refractivity contribution in [2.24, 2.45) is 5.10 Å². The van der Waals surface area contributed by atoms with Crippen molar-refractivity contribution >= 4 is 35.5 Å². The number of thioether (sulfide) groups is 1. The molecule has 148 valence electrons. The van der Waals surface area contributed by atoms with Gasteiger partial charge < -0.3 is 9.47 Å². The number of nitrogens with one attached hydrogen (secondary N) is 1. The monoisotopic (exact) mass is 418 g/mol. The lowest BCUT2D eigenvalue weighted by Gasteiger charge is -2.11. The maximum atomic E-state index is 11.9. The molecule has 0 aliphatic rings. The molecule has 0 aliphatic carbocycles. The fourth-order valence-corrected chi connectivity index (χ4v) is 3.22. The Morgan fingerprint density at radius 3 is 2.86 bits per heavy atom. The number of hydrazone groups is 1. The average Bonchev–Trinajstić information content (AvgIpc) is 2.68. The molecule has 5 nitrogen and oxygen atoms in total. The number of hydrogen-bond acceptors (Lipinski definition) is 5. The van der Waals surface area contributed by atoms with Crippen LogP contribution in [0.25, 0.3) is 0 Å². The summed E-state index contributed by atoms with van der Waals surface area (Å²) in [5, 5.41) is 4.70. The van der Waals surface area contributed by atoms with E-state index in [9.17, 15) is 4.79 Å². The predicted octanol–water partition coefficient (Wildman–Crippen LogP) is 4.69. The van der Waals surface area contributed by atoms with Gasteiger partial charge >= 0.3 is 0 Å². The van der Waals surface area contributed by atoms with Gasteiger partial charge in [-0.3, -0.25) is 4.79 Å². The van der Waals surface area contributed by atoms with Gasteiger partial charge in [0, 0.05) is 10.8 Å². The van der Waals surface area contributed by atoms with Crippen LogP contribution in [-0.2, 0) is 10.5 Å². The molecule has 0 radical (unpaired) electrons. The van der Waals surface area contributed by atoms with Crippen LogP contribution in [0.2, 0.25) is 5.02 Å². The van der Waals surface area contributed by atoms with Crippen molar-refractivity contribution < 1.29 is 14.3 Å². The van der Waals surface area contributed by atoms with Crippen LogP contribution in [-0.4, -0.2) is 31.1 Å². The number of benzene rings is 2. The quantitative estimate of drug-likeness (QED) is 0.327. The van der Waals surface area contributed by atoms with Gasteiger partial charge in [-0.1, -0.05) is 36.4 Å². The molecule has 1 N–H and O–H groups in total. The SMILES string of the molecule is C=CCOc1ccc(C=NNC(=O)CSCc2cccc(Cl)c2)cc1OCC. The first-order valence-corrected chi connectivity index (χ1v) is 10.3. The van der Waals surface area contributed by atoms with Gasteiger partial charge in [0.15, 0.2) is 11.5 Å². The van der Waals surface area contributed by atoms with E-state index in [4.69, 9.17) is 21.1 Å². The zero-order valence-electron chi connectivity index (χ0n) is 15.7. The molecule has 0 saturated heterocycles. The summed E-state index contributed by atoms with van der Waals surface area (Å²) in [5.74, 6) is 2.11. The highest BCUT2D eigenvalue weighted by Crippen LogP contribution is 2.28. The van der Waals surface area contributed by atoms with Crippen LogP contribution >= 0.6 is 23.4 Å². The van der Waals surface area contributed by atoms with Crippen LogP contribution < -0.4 is 14.9 Å². The molecule has 1 amide bonds. The molecule has 0 aromatic heterocycles. The van der Waals surface area contributed by atoms with Crippen LogP contribution in [0.15, 0.2) is 60.2 Å². The zero-order valence-corrected chi connectivity index (χ0v) is 17.3. The summed E-state index contributed by atoms with van der Waals surface area (Å²) in [5.41, 5.74) is 4.40. The first kappa shape index (κ1) is 21.9. The van der Waals surface area contributed by atoms with Gasteiger partial charge in [0.05, 0.1) is 18.6 Å². The van der Waals surface area contributed by atoms with Crippen molar-refractivity contribution in [3.8, 4) is 11.5 Å². The van der Waals surface area contributed by atoms with Crippen LogP contribution in [0, 0.1) is 0 Å². The Hall–Kier alpha value is -2.44. The van der Waals surface area contributed by atoms with Crippen molar-refractivity contribution in [1.29, 1.82) is 0 Å². The summed E-state index contributed by atoms with van der Waals surface area (Å²) in [4.78, 5) is 11.9. The molecule has 0 aliphatic heterocycles. The summed E-state index contributed by atoms with van der Waals surface area (Å²) >= 11 is 7.45. The van der Waals surface area contributed by atoms with Crippen LogP contribution in [0.5, 0.6) is 11.5 Å². The molecule has 0 atom stereocenters. The van der Waals surface area contributed by atoms with Crippen molar-refractivity contribution in [3.63, 3.8) is 0 Å². The lowest BCUT2D eigenvalue weighted by molar-refractivity contribution is -0.118. The topological polar surface area (TPSA) is 59.9 Å². The van der Waals surface area contributed by atoms with E-state index in [1.807, 2.05) is 43.3 Å². The Morgan fingerprint density at radius 2 is 2.11 bits per heavy atom. The van der Waals surface area contributed by atoms with E-state index in [2.05, 4.69) is 17.1 Å². The van der Waals surface area contributed by atoms with Crippen molar-refractivity contribution in [3.05, 3.63) is 71.3 Å². The van der Waals surface area contributed by atoms with Gasteiger partial charge in [-0.2, -0.15) is 5.10 Å². The molecule has 0 bridgehead atoms. The predicted molar refractivity (Wildman–Crippen MR) is 117 cm³/mol. The molecule has 28 heavy (non-hydrogen) atoms. The summed E-state index contributed by atoms with van der Waals surface area (Å²) < 4.78 is 11.1. The van der Waals surface area contributed by atoms with Crippen molar-refractivity contribution in [2.75, 3.05) is 19.0 Å². The summed E-state index contributed by atoms with van der Waals surface area (Å²) in [6, 6.07) is 13.0. The molecular formula is C21H23ClN2O3S. The molecular weight excluding hydrogens is 396 g/mol. The minimum atomic E-state index is -0.167. The second-order valence-corrected chi connectivity index (χ2v) is 7.08. The Bertz CT molecular complexity index is 827. The average molecular weight is 419 g/mol. The van der Waals surface area contributed by atoms with Gasteiger partial charge in [0.25, 0.3) is 0 Å². The lowest BCUT2D eigenvalue weighted by atomic mass is 10.2. The number of amides is 1. The Kier molecular flexibility index (Phi) is 9.45. The fraction of sp³-hybridized carbons (Fsp3) is 0.238. The summed E-state index contributed by atoms with van der Waals surface area (Å²) in [6.45, 7) is 6.45. The van der Waals surface area contributed by atoms with Crippen LogP contribution in [0.4, 0.5) is 0 Å². The standard InChI is InChI=1S/C21H23ClN2O3S/c1-3-10-27-19-9-8-16(12-20(19)26-4-2)13-23-24-21(25)15-28-14-17-6-5-7-18(22)11-17/h3,5-9,11-13H,1,4,10,14-15H2,2H3,(H,24,25). The highest BCUT2D eigenvalue weighted by Gasteiger charge is 2.06. The third kappa shape index (κ3) is 7.66. The maximum absolute atomic E-state index is 11.9. The molecule has 0 saturated carbocycles. The Labute approximate surface area is 174 Å².